The van der Waals surface area contributed by atoms with Gasteiger partial charge in [-0.2, -0.15) is 0 Å². The number of imidazole rings is 1. The molecule has 190 valence electrons. The van der Waals surface area contributed by atoms with Gasteiger partial charge in [0.15, 0.2) is 0 Å². The number of hydrogen-bond donors (Lipinski definition) is 8. The minimum absolute atomic E-state index is 0.132. The fourth-order valence-corrected chi connectivity index (χ4v) is 2.93. The van der Waals surface area contributed by atoms with Crippen LogP contribution in [-0.2, 0) is 30.4 Å². The van der Waals surface area contributed by atoms with Gasteiger partial charge in [-0.05, 0) is 12.8 Å². The SMILES string of the molecule is CCC(C)C(N)C(=O)NC(C(=O)NC(Cc1cnc[nH]1)C(=O)NC(CC(N)=O)C(=O)O)C(C)O. The van der Waals surface area contributed by atoms with E-state index in [1.165, 1.54) is 19.4 Å². The summed E-state index contributed by atoms with van der Waals surface area (Å²) >= 11 is 0. The second-order valence-corrected chi connectivity index (χ2v) is 8.05. The number of carbonyl (C=O) groups excluding carboxylic acids is 4. The van der Waals surface area contributed by atoms with Crippen molar-refractivity contribution in [3.63, 3.8) is 0 Å². The van der Waals surface area contributed by atoms with Crippen LogP contribution in [0.1, 0.15) is 39.3 Å². The van der Waals surface area contributed by atoms with E-state index in [-0.39, 0.29) is 12.3 Å². The monoisotopic (exact) mass is 483 g/mol. The second kappa shape index (κ2) is 13.3. The van der Waals surface area contributed by atoms with Gasteiger partial charge in [0.1, 0.15) is 18.1 Å². The van der Waals surface area contributed by atoms with Gasteiger partial charge in [0.2, 0.25) is 23.6 Å². The molecule has 34 heavy (non-hydrogen) atoms. The summed E-state index contributed by atoms with van der Waals surface area (Å²) in [5.74, 6) is -5.11. The number of aliphatic carboxylic acids is 1. The van der Waals surface area contributed by atoms with Crippen molar-refractivity contribution in [2.24, 2.45) is 17.4 Å². The van der Waals surface area contributed by atoms with E-state index < -0.39 is 66.3 Å². The van der Waals surface area contributed by atoms with Crippen molar-refractivity contribution in [3.8, 4) is 0 Å². The molecule has 6 unspecified atom stereocenters. The molecule has 0 saturated carbocycles. The number of nitrogens with one attached hydrogen (secondary N) is 4. The number of aliphatic hydroxyl groups excluding tert-OH is 1. The van der Waals surface area contributed by atoms with E-state index >= 15 is 0 Å². The van der Waals surface area contributed by atoms with E-state index in [1.54, 1.807) is 6.92 Å². The third kappa shape index (κ3) is 8.78. The van der Waals surface area contributed by atoms with E-state index in [4.69, 9.17) is 11.5 Å². The number of carboxylic acids is 1. The van der Waals surface area contributed by atoms with Crippen LogP contribution < -0.4 is 27.4 Å². The number of aromatic amines is 1. The molecule has 0 aliphatic heterocycles. The van der Waals surface area contributed by atoms with E-state index in [1.807, 2.05) is 6.92 Å². The summed E-state index contributed by atoms with van der Waals surface area (Å²) in [6, 6.07) is -5.33. The molecular weight excluding hydrogens is 450 g/mol. The van der Waals surface area contributed by atoms with Crippen LogP contribution in [0.25, 0.3) is 0 Å². The maximum absolute atomic E-state index is 12.9. The molecule has 0 aliphatic rings. The first-order valence-electron chi connectivity index (χ1n) is 10.7. The smallest absolute Gasteiger partial charge is 0.326 e. The number of amides is 4. The van der Waals surface area contributed by atoms with E-state index in [2.05, 4.69) is 25.9 Å². The molecule has 1 aromatic heterocycles. The van der Waals surface area contributed by atoms with Gasteiger partial charge >= 0.3 is 5.97 Å². The third-order valence-corrected chi connectivity index (χ3v) is 5.25. The summed E-state index contributed by atoms with van der Waals surface area (Å²) in [7, 11) is 0. The second-order valence-electron chi connectivity index (χ2n) is 8.05. The summed E-state index contributed by atoms with van der Waals surface area (Å²) in [5.41, 5.74) is 11.4. The predicted octanol–water partition coefficient (Wildman–Crippen LogP) is -2.88. The Labute approximate surface area is 196 Å². The van der Waals surface area contributed by atoms with Crippen LogP contribution in [0.5, 0.6) is 0 Å². The van der Waals surface area contributed by atoms with Crippen LogP contribution in [0.4, 0.5) is 0 Å². The van der Waals surface area contributed by atoms with Gasteiger partial charge in [0.25, 0.3) is 0 Å². The molecule has 4 amide bonds. The Hall–Kier alpha value is -3.52. The van der Waals surface area contributed by atoms with Crippen LogP contribution in [0, 0.1) is 5.92 Å². The fourth-order valence-electron chi connectivity index (χ4n) is 2.93. The molecule has 0 aliphatic carbocycles. The number of nitrogens with zero attached hydrogens (tertiary/aromatic N) is 1. The normalized spacial score (nSPS) is 16.3. The highest BCUT2D eigenvalue weighted by Crippen LogP contribution is 2.07. The number of rotatable bonds is 14. The van der Waals surface area contributed by atoms with Crippen LogP contribution in [0.2, 0.25) is 0 Å². The summed E-state index contributed by atoms with van der Waals surface area (Å²) in [5, 5.41) is 26.3. The first-order valence-corrected chi connectivity index (χ1v) is 10.7. The Morgan fingerprint density at radius 1 is 1.06 bits per heavy atom. The van der Waals surface area contributed by atoms with Gasteiger partial charge in [-0.15, -0.1) is 0 Å². The minimum Gasteiger partial charge on any atom is -0.480 e. The highest BCUT2D eigenvalue weighted by atomic mass is 16.4. The number of primary amides is 1. The fraction of sp³-hybridized carbons (Fsp3) is 0.600. The molecule has 6 atom stereocenters. The lowest BCUT2D eigenvalue weighted by atomic mass is 9.98. The van der Waals surface area contributed by atoms with Crippen molar-refractivity contribution in [2.45, 2.75) is 70.3 Å². The maximum Gasteiger partial charge on any atom is 0.326 e. The largest absolute Gasteiger partial charge is 0.480 e. The Morgan fingerprint density at radius 2 is 1.68 bits per heavy atom. The topological polar surface area (TPSA) is 243 Å². The number of carbonyl (C=O) groups is 5. The number of aromatic nitrogens is 2. The lowest BCUT2D eigenvalue weighted by Gasteiger charge is -2.27. The van der Waals surface area contributed by atoms with Crippen LogP contribution in [0.3, 0.4) is 0 Å². The molecule has 14 nitrogen and oxygen atoms in total. The van der Waals surface area contributed by atoms with Gasteiger partial charge in [-0.25, -0.2) is 9.78 Å². The Balaban J connectivity index is 3.06. The summed E-state index contributed by atoms with van der Waals surface area (Å²) < 4.78 is 0. The molecule has 1 heterocycles. The summed E-state index contributed by atoms with van der Waals surface area (Å²) in [6.07, 6.45) is 1.21. The van der Waals surface area contributed by atoms with Crippen LogP contribution in [-0.4, -0.2) is 80.1 Å². The first kappa shape index (κ1) is 28.5. The van der Waals surface area contributed by atoms with Gasteiger partial charge < -0.3 is 42.6 Å². The van der Waals surface area contributed by atoms with E-state index in [9.17, 15) is 34.2 Å². The Morgan fingerprint density at radius 3 is 2.15 bits per heavy atom. The van der Waals surface area contributed by atoms with Gasteiger partial charge in [-0.1, -0.05) is 20.3 Å². The zero-order valence-corrected chi connectivity index (χ0v) is 19.3. The zero-order chi connectivity index (χ0) is 26.0. The van der Waals surface area contributed by atoms with Crippen LogP contribution in [0.15, 0.2) is 12.5 Å². The van der Waals surface area contributed by atoms with Crippen molar-refractivity contribution in [1.82, 2.24) is 25.9 Å². The minimum atomic E-state index is -1.62. The maximum atomic E-state index is 12.9. The summed E-state index contributed by atoms with van der Waals surface area (Å²) in [6.45, 7) is 4.88. The molecule has 0 bridgehead atoms. The average Bonchev–Trinajstić information content (AvgIpc) is 3.27. The highest BCUT2D eigenvalue weighted by molar-refractivity contribution is 5.95. The summed E-state index contributed by atoms with van der Waals surface area (Å²) in [4.78, 5) is 67.2. The molecular formula is C20H33N7O7. The van der Waals surface area contributed by atoms with Gasteiger partial charge in [0.05, 0.1) is 24.9 Å². The van der Waals surface area contributed by atoms with Crippen LogP contribution >= 0.6 is 0 Å². The quantitative estimate of drug-likeness (QED) is 0.135. The molecule has 10 N–H and O–H groups in total. The predicted molar refractivity (Wildman–Crippen MR) is 119 cm³/mol. The van der Waals surface area contributed by atoms with E-state index in [0.717, 1.165) is 0 Å². The lowest BCUT2D eigenvalue weighted by Crippen LogP contribution is -2.60. The molecule has 1 aromatic rings. The zero-order valence-electron chi connectivity index (χ0n) is 19.3. The number of H-pyrrole nitrogens is 1. The third-order valence-electron chi connectivity index (χ3n) is 5.25. The molecule has 0 fully saturated rings. The van der Waals surface area contributed by atoms with Gasteiger partial charge in [0, 0.05) is 18.3 Å². The molecule has 0 saturated heterocycles. The van der Waals surface area contributed by atoms with Crippen molar-refractivity contribution in [3.05, 3.63) is 18.2 Å². The molecule has 1 rings (SSSR count). The number of nitrogens with two attached hydrogens (primary N) is 2. The van der Waals surface area contributed by atoms with Crippen molar-refractivity contribution >= 4 is 29.6 Å². The number of carboxylic acid groups (broad SMARTS) is 1. The van der Waals surface area contributed by atoms with E-state index in [0.29, 0.717) is 12.1 Å². The Kier molecular flexibility index (Phi) is 11.1. The first-order chi connectivity index (χ1) is 15.9. The number of aliphatic hydroxyl groups is 1. The number of hydrogen-bond acceptors (Lipinski definition) is 8. The standard InChI is InChI=1S/C20H33N7O7/c1-4-9(2)15(22)18(31)27-16(10(3)28)19(32)25-12(5-11-7-23-8-24-11)17(30)26-13(20(33)34)6-14(21)29/h7-10,12-13,15-16,28H,4-6,22H2,1-3H3,(H2,21,29)(H,23,24)(H,25,32)(H,26,30)(H,27,31)(H,33,34). The Bertz CT molecular complexity index is 859. The van der Waals surface area contributed by atoms with Gasteiger partial charge in [-0.3, -0.25) is 19.2 Å². The highest BCUT2D eigenvalue weighted by Gasteiger charge is 2.33. The molecule has 0 radical (unpaired) electrons. The molecule has 0 aromatic carbocycles. The lowest BCUT2D eigenvalue weighted by molar-refractivity contribution is -0.144. The average molecular weight is 484 g/mol. The van der Waals surface area contributed by atoms with Crippen molar-refractivity contribution < 1.29 is 34.2 Å². The molecule has 14 heteroatoms. The van der Waals surface area contributed by atoms with Crippen molar-refractivity contribution in [2.75, 3.05) is 0 Å². The van der Waals surface area contributed by atoms with Crippen molar-refractivity contribution in [1.29, 1.82) is 0 Å². The molecule has 0 spiro atoms.